The molecule has 1 atom stereocenters. The number of esters is 2. The second-order valence-corrected chi connectivity index (χ2v) is 4.49. The second-order valence-electron chi connectivity index (χ2n) is 4.49. The molecule has 94 valence electrons. The first-order chi connectivity index (χ1) is 8.40. The van der Waals surface area contributed by atoms with Crippen LogP contribution in [0.1, 0.15) is 29.7 Å². The molecule has 0 saturated carbocycles. The number of ether oxygens (including phenoxy) is 2. The number of hydrogen-bond acceptors (Lipinski definition) is 4. The van der Waals surface area contributed by atoms with Gasteiger partial charge in [0.25, 0.3) is 0 Å². The highest BCUT2D eigenvalue weighted by atomic mass is 16.6. The quantitative estimate of drug-likeness (QED) is 0.456. The molecule has 4 nitrogen and oxygen atoms in total. The van der Waals surface area contributed by atoms with Crippen molar-refractivity contribution in [1.82, 2.24) is 0 Å². The topological polar surface area (TPSA) is 52.6 Å². The summed E-state index contributed by atoms with van der Waals surface area (Å²) < 4.78 is 10.2. The maximum atomic E-state index is 11.7. The van der Waals surface area contributed by atoms with Crippen LogP contribution >= 0.6 is 0 Å². The number of carbonyl (C=O) groups excluding carboxylic acids is 2. The van der Waals surface area contributed by atoms with E-state index in [4.69, 9.17) is 9.47 Å². The van der Waals surface area contributed by atoms with E-state index in [1.54, 1.807) is 6.07 Å². The summed E-state index contributed by atoms with van der Waals surface area (Å²) in [5.74, 6) is -0.664. The van der Waals surface area contributed by atoms with Crippen LogP contribution in [0.3, 0.4) is 0 Å². The van der Waals surface area contributed by atoms with Crippen LogP contribution in [0.15, 0.2) is 24.3 Å². The predicted octanol–water partition coefficient (Wildman–Crippen LogP) is 2.38. The van der Waals surface area contributed by atoms with E-state index in [2.05, 4.69) is 6.58 Å². The summed E-state index contributed by atoms with van der Waals surface area (Å²) in [5, 5.41) is 0. The third-order valence-electron chi connectivity index (χ3n) is 2.72. The molecule has 1 aromatic rings. The lowest BCUT2D eigenvalue weighted by atomic mass is 10.0. The Morgan fingerprint density at radius 2 is 2.06 bits per heavy atom. The minimum atomic E-state index is -0.984. The van der Waals surface area contributed by atoms with Crippen molar-refractivity contribution in [2.75, 3.05) is 0 Å². The van der Waals surface area contributed by atoms with Crippen LogP contribution in [-0.2, 0) is 14.3 Å². The van der Waals surface area contributed by atoms with Gasteiger partial charge in [-0.3, -0.25) is 0 Å². The van der Waals surface area contributed by atoms with Gasteiger partial charge in [-0.2, -0.15) is 0 Å². The van der Waals surface area contributed by atoms with Crippen LogP contribution in [0.4, 0.5) is 0 Å². The molecule has 0 spiro atoms. The third kappa shape index (κ3) is 2.01. The summed E-state index contributed by atoms with van der Waals surface area (Å²) in [4.78, 5) is 23.2. The van der Waals surface area contributed by atoms with Crippen molar-refractivity contribution in [3.8, 4) is 5.75 Å². The van der Waals surface area contributed by atoms with Crippen LogP contribution in [0.25, 0.3) is 0 Å². The van der Waals surface area contributed by atoms with Crippen LogP contribution < -0.4 is 4.74 Å². The molecule has 0 bridgehead atoms. The summed E-state index contributed by atoms with van der Waals surface area (Å²) in [6.45, 7) is 8.78. The van der Waals surface area contributed by atoms with Gasteiger partial charge in [-0.25, -0.2) is 9.59 Å². The van der Waals surface area contributed by atoms with Gasteiger partial charge < -0.3 is 9.47 Å². The summed E-state index contributed by atoms with van der Waals surface area (Å²) in [7, 11) is 0. The molecule has 0 N–H and O–H groups in total. The fourth-order valence-corrected chi connectivity index (χ4v) is 1.92. The smallest absolute Gasteiger partial charge is 0.357 e. The van der Waals surface area contributed by atoms with Crippen LogP contribution in [-0.4, -0.2) is 11.9 Å². The zero-order valence-electron chi connectivity index (χ0n) is 10.6. The zero-order chi connectivity index (χ0) is 13.4. The van der Waals surface area contributed by atoms with Gasteiger partial charge in [0.05, 0.1) is 0 Å². The van der Waals surface area contributed by atoms with Gasteiger partial charge in [0.2, 0.25) is 6.10 Å². The lowest BCUT2D eigenvalue weighted by Gasteiger charge is -2.10. The minimum absolute atomic E-state index is 0.251. The Labute approximate surface area is 105 Å². The van der Waals surface area contributed by atoms with Crippen molar-refractivity contribution in [2.45, 2.75) is 26.9 Å². The molecule has 0 aliphatic carbocycles. The Kier molecular flexibility index (Phi) is 2.95. The molecule has 18 heavy (non-hydrogen) atoms. The molecule has 0 radical (unpaired) electrons. The van der Waals surface area contributed by atoms with Crippen molar-refractivity contribution >= 4 is 11.9 Å². The Morgan fingerprint density at radius 3 is 2.67 bits per heavy atom. The lowest BCUT2D eigenvalue weighted by molar-refractivity contribution is -0.157. The summed E-state index contributed by atoms with van der Waals surface area (Å²) in [5.41, 5.74) is 2.70. The fourth-order valence-electron chi connectivity index (χ4n) is 1.92. The minimum Gasteiger partial charge on any atom is -0.442 e. The average molecular weight is 246 g/mol. The van der Waals surface area contributed by atoms with E-state index in [0.29, 0.717) is 11.3 Å². The number of carbonyl (C=O) groups is 2. The molecular weight excluding hydrogens is 232 g/mol. The predicted molar refractivity (Wildman–Crippen MR) is 65.2 cm³/mol. The molecule has 0 aromatic heterocycles. The van der Waals surface area contributed by atoms with Crippen molar-refractivity contribution in [3.05, 3.63) is 41.0 Å². The molecule has 1 aromatic carbocycles. The maximum absolute atomic E-state index is 11.7. The molecule has 0 fully saturated rings. The first-order valence-electron chi connectivity index (χ1n) is 5.59. The molecule has 0 saturated heterocycles. The first kappa shape index (κ1) is 12.4. The van der Waals surface area contributed by atoms with Crippen molar-refractivity contribution < 1.29 is 19.1 Å². The highest BCUT2D eigenvalue weighted by Crippen LogP contribution is 2.39. The molecular formula is C14H14O4. The van der Waals surface area contributed by atoms with Crippen molar-refractivity contribution in [2.24, 2.45) is 0 Å². The van der Waals surface area contributed by atoms with Crippen molar-refractivity contribution in [3.63, 3.8) is 0 Å². The van der Waals surface area contributed by atoms with Gasteiger partial charge >= 0.3 is 11.9 Å². The molecule has 0 amide bonds. The molecule has 1 aliphatic heterocycles. The number of hydrogen-bond donors (Lipinski definition) is 0. The second kappa shape index (κ2) is 4.29. The highest BCUT2D eigenvalue weighted by Gasteiger charge is 2.37. The van der Waals surface area contributed by atoms with Crippen LogP contribution in [0.2, 0.25) is 0 Å². The van der Waals surface area contributed by atoms with E-state index in [-0.39, 0.29) is 5.57 Å². The SMILES string of the molecule is C=C(C)C(=O)OC1C(=O)Oc2c(C)cc(C)cc21. The van der Waals surface area contributed by atoms with Crippen molar-refractivity contribution in [1.29, 1.82) is 0 Å². The van der Waals surface area contributed by atoms with Gasteiger partial charge in [-0.15, -0.1) is 0 Å². The van der Waals surface area contributed by atoms with E-state index in [1.165, 1.54) is 6.92 Å². The Bertz CT molecular complexity index is 557. The van der Waals surface area contributed by atoms with Gasteiger partial charge in [0.1, 0.15) is 5.75 Å². The van der Waals surface area contributed by atoms with E-state index >= 15 is 0 Å². The highest BCUT2D eigenvalue weighted by molar-refractivity contribution is 5.92. The molecule has 2 rings (SSSR count). The largest absolute Gasteiger partial charge is 0.442 e. The monoisotopic (exact) mass is 246 g/mol. The van der Waals surface area contributed by atoms with E-state index in [1.807, 2.05) is 19.9 Å². The fraction of sp³-hybridized carbons (Fsp3) is 0.286. The first-order valence-corrected chi connectivity index (χ1v) is 5.59. The zero-order valence-corrected chi connectivity index (χ0v) is 10.6. The van der Waals surface area contributed by atoms with E-state index in [9.17, 15) is 9.59 Å². The maximum Gasteiger partial charge on any atom is 0.357 e. The number of aryl methyl sites for hydroxylation is 2. The van der Waals surface area contributed by atoms with Gasteiger partial charge in [-0.05, 0) is 32.4 Å². The van der Waals surface area contributed by atoms with Gasteiger partial charge in [-0.1, -0.05) is 18.2 Å². The molecule has 4 heteroatoms. The van der Waals surface area contributed by atoms with Gasteiger partial charge in [0.15, 0.2) is 0 Å². The van der Waals surface area contributed by atoms with Gasteiger partial charge in [0, 0.05) is 11.1 Å². The van der Waals surface area contributed by atoms with E-state index < -0.39 is 18.0 Å². The van der Waals surface area contributed by atoms with E-state index in [0.717, 1.165) is 11.1 Å². The number of fused-ring (bicyclic) bond motifs is 1. The van der Waals surface area contributed by atoms with Crippen LogP contribution in [0, 0.1) is 13.8 Å². The normalized spacial score (nSPS) is 17.1. The lowest BCUT2D eigenvalue weighted by Crippen LogP contribution is -2.18. The van der Waals surface area contributed by atoms with Crippen LogP contribution in [0.5, 0.6) is 5.75 Å². The Balaban J connectivity index is 2.39. The standard InChI is InChI=1S/C14H14O4/c1-7(2)13(15)18-12-10-6-8(3)5-9(4)11(10)17-14(12)16/h5-6,12H,1H2,2-4H3. The molecule has 1 heterocycles. The number of benzene rings is 1. The average Bonchev–Trinajstić information content (AvgIpc) is 2.57. The Morgan fingerprint density at radius 1 is 1.39 bits per heavy atom. The summed E-state index contributed by atoms with van der Waals surface area (Å²) in [6, 6.07) is 3.71. The number of rotatable bonds is 2. The summed E-state index contributed by atoms with van der Waals surface area (Å²) >= 11 is 0. The molecule has 1 unspecified atom stereocenters. The summed E-state index contributed by atoms with van der Waals surface area (Å²) in [6.07, 6.45) is -0.984. The third-order valence-corrected chi connectivity index (χ3v) is 2.72. The Hall–Kier alpha value is -2.10. The molecule has 1 aliphatic rings.